The van der Waals surface area contributed by atoms with E-state index < -0.39 is 11.5 Å². The van der Waals surface area contributed by atoms with Gasteiger partial charge in [0.05, 0.1) is 11.1 Å². The van der Waals surface area contributed by atoms with Crippen LogP contribution >= 0.6 is 0 Å². The van der Waals surface area contributed by atoms with Gasteiger partial charge >= 0.3 is 0 Å². The van der Waals surface area contributed by atoms with Gasteiger partial charge in [-0.25, -0.2) is 8.78 Å². The summed E-state index contributed by atoms with van der Waals surface area (Å²) in [6.07, 6.45) is -0.546. The van der Waals surface area contributed by atoms with Crippen LogP contribution in [0, 0.1) is 6.92 Å². The molecule has 2 N–H and O–H groups in total. The van der Waals surface area contributed by atoms with Gasteiger partial charge in [-0.15, -0.1) is 0 Å². The Hall–Kier alpha value is -1.55. The van der Waals surface area contributed by atoms with Crippen molar-refractivity contribution in [3.05, 3.63) is 41.6 Å². The van der Waals surface area contributed by atoms with Crippen LogP contribution in [0.4, 0.5) is 8.78 Å². The van der Waals surface area contributed by atoms with Crippen LogP contribution in [0.5, 0.6) is 0 Å². The predicted molar refractivity (Wildman–Crippen MR) is 66.5 cm³/mol. The monoisotopic (exact) mass is 248 g/mol. The number of hydrogen-bond donors (Lipinski definition) is 1. The topological polar surface area (TPSA) is 38.9 Å². The van der Waals surface area contributed by atoms with Gasteiger partial charge < -0.3 is 5.73 Å². The van der Waals surface area contributed by atoms with E-state index in [0.717, 1.165) is 22.2 Å². The fraction of sp³-hybridized carbons (Fsp3) is 0.357. The molecule has 4 heteroatoms. The van der Waals surface area contributed by atoms with E-state index in [4.69, 9.17) is 5.73 Å². The van der Waals surface area contributed by atoms with Gasteiger partial charge in [0.15, 0.2) is 0 Å². The van der Waals surface area contributed by atoms with Crippen molar-refractivity contribution in [1.82, 2.24) is 4.98 Å². The molecular weight excluding hydrogens is 234 g/mol. The minimum atomic E-state index is -2.62. The largest absolute Gasteiger partial charge is 0.321 e. The first-order valence-electron chi connectivity index (χ1n) is 5.93. The fourth-order valence-electron chi connectivity index (χ4n) is 2.61. The molecular formula is C14H14F2N2. The van der Waals surface area contributed by atoms with Crippen LogP contribution in [-0.2, 0) is 5.54 Å². The summed E-state index contributed by atoms with van der Waals surface area (Å²) in [5.41, 5.74) is 7.71. The Kier molecular flexibility index (Phi) is 2.23. The third kappa shape index (κ3) is 1.77. The van der Waals surface area contributed by atoms with Gasteiger partial charge in [-0.2, -0.15) is 0 Å². The third-order valence-electron chi connectivity index (χ3n) is 3.55. The van der Waals surface area contributed by atoms with Crippen LogP contribution < -0.4 is 5.73 Å². The molecule has 0 radical (unpaired) electrons. The molecule has 18 heavy (non-hydrogen) atoms. The highest BCUT2D eigenvalue weighted by Gasteiger charge is 2.55. The first-order chi connectivity index (χ1) is 8.38. The van der Waals surface area contributed by atoms with Gasteiger partial charge in [-0.1, -0.05) is 12.1 Å². The number of benzene rings is 1. The summed E-state index contributed by atoms with van der Waals surface area (Å²) >= 11 is 0. The van der Waals surface area contributed by atoms with Crippen molar-refractivity contribution in [2.45, 2.75) is 31.2 Å². The van der Waals surface area contributed by atoms with Crippen molar-refractivity contribution in [3.8, 4) is 0 Å². The lowest BCUT2D eigenvalue weighted by Crippen LogP contribution is -2.55. The summed E-state index contributed by atoms with van der Waals surface area (Å²) in [4.78, 5) is 4.38. The number of rotatable bonds is 1. The number of hydrogen-bond acceptors (Lipinski definition) is 2. The molecule has 0 spiro atoms. The lowest BCUT2D eigenvalue weighted by atomic mass is 9.69. The summed E-state index contributed by atoms with van der Waals surface area (Å²) in [7, 11) is 0. The molecule has 0 bridgehead atoms. The fourth-order valence-corrected chi connectivity index (χ4v) is 2.61. The Morgan fingerprint density at radius 3 is 2.56 bits per heavy atom. The molecule has 3 rings (SSSR count). The lowest BCUT2D eigenvalue weighted by Gasteiger charge is -2.44. The third-order valence-corrected chi connectivity index (χ3v) is 3.55. The minimum Gasteiger partial charge on any atom is -0.321 e. The van der Waals surface area contributed by atoms with Gasteiger partial charge in [-0.3, -0.25) is 4.98 Å². The van der Waals surface area contributed by atoms with Gasteiger partial charge in [0.25, 0.3) is 5.92 Å². The molecule has 2 nitrogen and oxygen atoms in total. The second-order valence-corrected chi connectivity index (χ2v) is 5.23. The van der Waals surface area contributed by atoms with Crippen molar-refractivity contribution in [2.24, 2.45) is 5.73 Å². The van der Waals surface area contributed by atoms with Crippen molar-refractivity contribution in [1.29, 1.82) is 0 Å². The molecule has 1 fully saturated rings. The molecule has 1 aromatic heterocycles. The van der Waals surface area contributed by atoms with Crippen LogP contribution in [-0.4, -0.2) is 10.9 Å². The molecule has 0 atom stereocenters. The van der Waals surface area contributed by atoms with E-state index in [1.165, 1.54) is 0 Å². The molecule has 94 valence electrons. The zero-order chi connectivity index (χ0) is 13.0. The standard InChI is InChI=1S/C14H14F2N2/c1-9-2-3-10-6-11(4-5-12(10)18-9)13(17)7-14(15,16)8-13/h2-6H,7-8,17H2,1H3. The molecule has 0 saturated heterocycles. The van der Waals surface area contributed by atoms with Crippen LogP contribution in [0.2, 0.25) is 0 Å². The Morgan fingerprint density at radius 2 is 1.89 bits per heavy atom. The molecule has 2 aromatic rings. The highest BCUT2D eigenvalue weighted by atomic mass is 19.3. The highest BCUT2D eigenvalue weighted by Crippen LogP contribution is 2.50. The smallest absolute Gasteiger partial charge is 0.252 e. The Bertz CT molecular complexity index is 614. The average Bonchev–Trinajstić information content (AvgIpc) is 2.25. The van der Waals surface area contributed by atoms with Crippen LogP contribution in [0.3, 0.4) is 0 Å². The molecule has 1 heterocycles. The zero-order valence-corrected chi connectivity index (χ0v) is 10.1. The molecule has 0 aliphatic heterocycles. The van der Waals surface area contributed by atoms with E-state index in [2.05, 4.69) is 4.98 Å². The number of aryl methyl sites for hydroxylation is 1. The maximum absolute atomic E-state index is 13.0. The number of nitrogens with zero attached hydrogens (tertiary/aromatic N) is 1. The maximum atomic E-state index is 13.0. The number of pyridine rings is 1. The highest BCUT2D eigenvalue weighted by molar-refractivity contribution is 5.79. The Balaban J connectivity index is 2.02. The summed E-state index contributed by atoms with van der Waals surface area (Å²) in [6, 6.07) is 9.38. The molecule has 1 aromatic carbocycles. The quantitative estimate of drug-likeness (QED) is 0.842. The summed E-state index contributed by atoms with van der Waals surface area (Å²) in [5, 5.41) is 0.943. The Morgan fingerprint density at radius 1 is 1.17 bits per heavy atom. The normalized spacial score (nSPS) is 20.7. The van der Waals surface area contributed by atoms with Crippen molar-refractivity contribution >= 4 is 10.9 Å². The van der Waals surface area contributed by atoms with Crippen LogP contribution in [0.15, 0.2) is 30.3 Å². The second kappa shape index (κ2) is 3.48. The van der Waals surface area contributed by atoms with E-state index in [9.17, 15) is 8.78 Å². The predicted octanol–water partition coefficient (Wildman–Crippen LogP) is 3.13. The van der Waals surface area contributed by atoms with Gasteiger partial charge in [-0.05, 0) is 30.7 Å². The molecule has 0 amide bonds. The van der Waals surface area contributed by atoms with E-state index >= 15 is 0 Å². The van der Waals surface area contributed by atoms with Gasteiger partial charge in [0.1, 0.15) is 0 Å². The molecule has 1 aliphatic carbocycles. The van der Waals surface area contributed by atoms with Crippen molar-refractivity contribution < 1.29 is 8.78 Å². The number of halogens is 2. The Labute approximate surface area is 104 Å². The van der Waals surface area contributed by atoms with Gasteiger partial charge in [0, 0.05) is 23.9 Å². The summed E-state index contributed by atoms with van der Waals surface area (Å²) < 4.78 is 26.0. The first-order valence-corrected chi connectivity index (χ1v) is 5.93. The van der Waals surface area contributed by atoms with Gasteiger partial charge in [0.2, 0.25) is 0 Å². The zero-order valence-electron chi connectivity index (χ0n) is 10.1. The first kappa shape index (κ1) is 11.5. The van der Waals surface area contributed by atoms with E-state index in [1.54, 1.807) is 0 Å². The minimum absolute atomic E-state index is 0.273. The SMILES string of the molecule is Cc1ccc2cc(C3(N)CC(F)(F)C3)ccc2n1. The summed E-state index contributed by atoms with van der Waals surface area (Å²) in [6.45, 7) is 1.92. The van der Waals surface area contributed by atoms with E-state index in [1.807, 2.05) is 37.3 Å². The number of alkyl halides is 2. The average molecular weight is 248 g/mol. The van der Waals surface area contributed by atoms with Crippen molar-refractivity contribution in [2.75, 3.05) is 0 Å². The molecule has 1 saturated carbocycles. The van der Waals surface area contributed by atoms with Crippen LogP contribution in [0.25, 0.3) is 10.9 Å². The number of fused-ring (bicyclic) bond motifs is 1. The van der Waals surface area contributed by atoms with E-state index in [0.29, 0.717) is 0 Å². The second-order valence-electron chi connectivity index (χ2n) is 5.23. The number of nitrogens with two attached hydrogens (primary N) is 1. The molecule has 1 aliphatic rings. The summed E-state index contributed by atoms with van der Waals surface area (Å²) in [5.74, 6) is -2.62. The molecule has 0 unspecified atom stereocenters. The van der Waals surface area contributed by atoms with E-state index in [-0.39, 0.29) is 12.8 Å². The van der Waals surface area contributed by atoms with Crippen molar-refractivity contribution in [3.63, 3.8) is 0 Å². The maximum Gasteiger partial charge on any atom is 0.252 e. The lowest BCUT2D eigenvalue weighted by molar-refractivity contribution is -0.125. The number of aromatic nitrogens is 1. The van der Waals surface area contributed by atoms with Crippen LogP contribution in [0.1, 0.15) is 24.1 Å².